The van der Waals surface area contributed by atoms with Gasteiger partial charge in [-0.1, -0.05) is 51.7 Å². The largest absolute Gasteiger partial charge is 0.338 e. The summed E-state index contributed by atoms with van der Waals surface area (Å²) in [5.41, 5.74) is 0.000867. The monoisotopic (exact) mass is 499 g/mol. The Morgan fingerprint density at radius 2 is 1.49 bits per heavy atom. The molecule has 2 aliphatic heterocycles. The van der Waals surface area contributed by atoms with Gasteiger partial charge in [0.1, 0.15) is 8.07 Å². The lowest BCUT2D eigenvalue weighted by Gasteiger charge is -2.37. The van der Waals surface area contributed by atoms with Gasteiger partial charge in [0, 0.05) is 57.1 Å². The predicted octanol–water partition coefficient (Wildman–Crippen LogP) is 3.80. The average Bonchev–Trinajstić information content (AvgIpc) is 3.32. The quantitative estimate of drug-likeness (QED) is 0.277. The first-order valence-electron chi connectivity index (χ1n) is 14.1. The maximum Gasteiger partial charge on any atom is 0.229 e. The first kappa shape index (κ1) is 26.3. The summed E-state index contributed by atoms with van der Waals surface area (Å²) in [6.07, 6.45) is 9.50. The number of piperidine rings is 1. The molecular formula is C27H45N5O2Si. The molecule has 4 rings (SSSR count). The third-order valence-electron chi connectivity index (χ3n) is 9.30. The maximum atomic E-state index is 12.7. The van der Waals surface area contributed by atoms with E-state index in [0.717, 1.165) is 64.4 Å². The topological polar surface area (TPSA) is 69.6 Å². The van der Waals surface area contributed by atoms with Crippen molar-refractivity contribution in [3.63, 3.8) is 0 Å². The van der Waals surface area contributed by atoms with Gasteiger partial charge in [0.05, 0.1) is 0 Å². The first-order valence-corrected chi connectivity index (χ1v) is 16.7. The molecule has 0 radical (unpaired) electrons. The van der Waals surface area contributed by atoms with Crippen molar-refractivity contribution in [1.29, 1.82) is 0 Å². The molecule has 2 saturated heterocycles. The van der Waals surface area contributed by atoms with Crippen LogP contribution in [0, 0.1) is 5.41 Å². The third kappa shape index (κ3) is 5.79. The Balaban J connectivity index is 1.20. The molecule has 1 spiro atoms. The summed E-state index contributed by atoms with van der Waals surface area (Å²) in [7, 11) is -1.50. The van der Waals surface area contributed by atoms with Gasteiger partial charge in [-0.3, -0.25) is 19.4 Å². The molecule has 1 aromatic heterocycles. The van der Waals surface area contributed by atoms with E-state index in [1.807, 2.05) is 6.20 Å². The molecule has 0 N–H and O–H groups in total. The van der Waals surface area contributed by atoms with Gasteiger partial charge in [0.25, 0.3) is 0 Å². The number of likely N-dealkylation sites (tertiary alicyclic amines) is 1. The number of anilines is 1. The van der Waals surface area contributed by atoms with E-state index in [9.17, 15) is 9.59 Å². The van der Waals surface area contributed by atoms with E-state index in [1.54, 1.807) is 4.90 Å². The Morgan fingerprint density at radius 3 is 2.09 bits per heavy atom. The number of hydrogen-bond donors (Lipinski definition) is 0. The van der Waals surface area contributed by atoms with Crippen LogP contribution in [0.2, 0.25) is 18.1 Å². The van der Waals surface area contributed by atoms with Gasteiger partial charge in [-0.2, -0.15) is 0 Å². The maximum absolute atomic E-state index is 12.7. The number of amides is 2. The summed E-state index contributed by atoms with van der Waals surface area (Å²) < 4.78 is 0. The fourth-order valence-corrected chi connectivity index (χ4v) is 9.98. The van der Waals surface area contributed by atoms with E-state index in [2.05, 4.69) is 41.6 Å². The van der Waals surface area contributed by atoms with Crippen LogP contribution in [0.5, 0.6) is 0 Å². The third-order valence-corrected chi connectivity index (χ3v) is 14.7. The normalized spacial score (nSPS) is 21.3. The molecule has 3 fully saturated rings. The summed E-state index contributed by atoms with van der Waals surface area (Å²) in [5.74, 6) is 1.04. The van der Waals surface area contributed by atoms with Gasteiger partial charge in [-0.15, -0.1) is 0 Å². The number of nitrogens with zero attached hydrogens (tertiary/aromatic N) is 5. The molecule has 3 heterocycles. The van der Waals surface area contributed by atoms with Crippen LogP contribution in [-0.4, -0.2) is 78.9 Å². The molecule has 0 aromatic carbocycles. The van der Waals surface area contributed by atoms with Crippen molar-refractivity contribution in [1.82, 2.24) is 19.8 Å². The number of imide groups is 1. The van der Waals surface area contributed by atoms with E-state index in [-0.39, 0.29) is 17.2 Å². The molecule has 2 amide bonds. The van der Waals surface area contributed by atoms with E-state index in [0.29, 0.717) is 19.4 Å². The average molecular weight is 500 g/mol. The fraction of sp³-hybridized carbons (Fsp3) is 0.778. The molecule has 194 valence electrons. The molecule has 1 aromatic rings. The van der Waals surface area contributed by atoms with Gasteiger partial charge < -0.3 is 4.90 Å². The van der Waals surface area contributed by atoms with Crippen molar-refractivity contribution in [2.45, 2.75) is 90.3 Å². The number of piperazine rings is 1. The summed E-state index contributed by atoms with van der Waals surface area (Å²) in [6.45, 7) is 12.5. The van der Waals surface area contributed by atoms with Crippen molar-refractivity contribution < 1.29 is 9.59 Å². The van der Waals surface area contributed by atoms with Gasteiger partial charge in [0.2, 0.25) is 17.8 Å². The van der Waals surface area contributed by atoms with E-state index >= 15 is 0 Å². The van der Waals surface area contributed by atoms with Crippen molar-refractivity contribution >= 4 is 31.2 Å². The van der Waals surface area contributed by atoms with E-state index in [4.69, 9.17) is 4.98 Å². The van der Waals surface area contributed by atoms with Gasteiger partial charge in [-0.25, -0.2) is 9.97 Å². The molecule has 1 aliphatic carbocycles. The molecule has 1 saturated carbocycles. The summed E-state index contributed by atoms with van der Waals surface area (Å²) in [4.78, 5) is 41.4. The standard InChI is InChI=1S/C27H45N5O2Si/c1-4-35(5-2,6-3)23-11-14-28-26(29-23)31-19-17-30(18-20-31)15-9-10-16-32-24(33)21-27(22-25(32)34)12-7-8-13-27/h11,14H,4-10,12-13,15-22H2,1-3H3. The fourth-order valence-electron chi connectivity index (χ4n) is 6.63. The Labute approximate surface area is 212 Å². The summed E-state index contributed by atoms with van der Waals surface area (Å²) in [6, 6.07) is 5.87. The second kappa shape index (κ2) is 11.5. The zero-order chi connectivity index (χ0) is 24.9. The molecule has 0 bridgehead atoms. The van der Waals surface area contributed by atoms with Crippen LogP contribution in [-0.2, 0) is 9.59 Å². The Kier molecular flexibility index (Phi) is 8.63. The van der Waals surface area contributed by atoms with Crippen LogP contribution in [0.1, 0.15) is 72.1 Å². The molecule has 0 atom stereocenters. The van der Waals surface area contributed by atoms with Gasteiger partial charge in [0.15, 0.2) is 0 Å². The van der Waals surface area contributed by atoms with Crippen LogP contribution in [0.3, 0.4) is 0 Å². The lowest BCUT2D eigenvalue weighted by Crippen LogP contribution is -2.50. The minimum atomic E-state index is -1.50. The molecular weight excluding hydrogens is 454 g/mol. The van der Waals surface area contributed by atoms with Crippen LogP contribution in [0.15, 0.2) is 12.3 Å². The van der Waals surface area contributed by atoms with Crippen LogP contribution < -0.4 is 10.2 Å². The highest BCUT2D eigenvalue weighted by Crippen LogP contribution is 2.46. The predicted molar refractivity (Wildman–Crippen MR) is 144 cm³/mol. The Hall–Kier alpha value is -1.80. The summed E-state index contributed by atoms with van der Waals surface area (Å²) >= 11 is 0. The zero-order valence-corrected chi connectivity index (χ0v) is 23.2. The number of aromatic nitrogens is 2. The highest BCUT2D eigenvalue weighted by atomic mass is 28.3. The summed E-state index contributed by atoms with van der Waals surface area (Å²) in [5, 5.41) is 1.32. The minimum Gasteiger partial charge on any atom is -0.338 e. The number of hydrogen-bond acceptors (Lipinski definition) is 6. The number of unbranched alkanes of at least 4 members (excludes halogenated alkanes) is 1. The van der Waals surface area contributed by atoms with Crippen molar-refractivity contribution in [2.75, 3.05) is 44.2 Å². The molecule has 3 aliphatic rings. The van der Waals surface area contributed by atoms with Crippen LogP contribution in [0.25, 0.3) is 0 Å². The second-order valence-corrected chi connectivity index (χ2v) is 16.3. The molecule has 35 heavy (non-hydrogen) atoms. The molecule has 8 heteroatoms. The first-order chi connectivity index (χ1) is 16.9. The highest BCUT2D eigenvalue weighted by Gasteiger charge is 2.44. The number of carbonyl (C=O) groups is 2. The number of rotatable bonds is 10. The molecule has 7 nitrogen and oxygen atoms in total. The van der Waals surface area contributed by atoms with Crippen LogP contribution >= 0.6 is 0 Å². The molecule has 0 unspecified atom stereocenters. The Morgan fingerprint density at radius 1 is 0.886 bits per heavy atom. The van der Waals surface area contributed by atoms with Gasteiger partial charge in [-0.05, 0) is 43.7 Å². The van der Waals surface area contributed by atoms with Crippen molar-refractivity contribution in [2.24, 2.45) is 5.41 Å². The SMILES string of the molecule is CC[Si](CC)(CC)c1ccnc(N2CCN(CCCCN3C(=O)CC4(CCCC4)CC3=O)CC2)n1. The van der Waals surface area contributed by atoms with Crippen molar-refractivity contribution in [3.8, 4) is 0 Å². The van der Waals surface area contributed by atoms with E-state index in [1.165, 1.54) is 36.3 Å². The lowest BCUT2D eigenvalue weighted by molar-refractivity contribution is -0.153. The van der Waals surface area contributed by atoms with E-state index < -0.39 is 8.07 Å². The zero-order valence-electron chi connectivity index (χ0n) is 22.2. The van der Waals surface area contributed by atoms with Crippen molar-refractivity contribution in [3.05, 3.63) is 12.3 Å². The highest BCUT2D eigenvalue weighted by molar-refractivity contribution is 6.91. The second-order valence-electron chi connectivity index (χ2n) is 11.1. The lowest BCUT2D eigenvalue weighted by atomic mass is 9.76. The van der Waals surface area contributed by atoms with Gasteiger partial charge >= 0.3 is 0 Å². The smallest absolute Gasteiger partial charge is 0.229 e. The Bertz CT molecular complexity index is 848. The minimum absolute atomic E-state index is 0.000867. The van der Waals surface area contributed by atoms with Crippen LogP contribution in [0.4, 0.5) is 5.95 Å². The number of carbonyl (C=O) groups excluding carboxylic acids is 2.